The van der Waals surface area contributed by atoms with E-state index in [-0.39, 0.29) is 18.7 Å². The minimum Gasteiger partial charge on any atom is -0.467 e. The maximum atomic E-state index is 14.9. The molecule has 1 atom stereocenters. The predicted molar refractivity (Wildman–Crippen MR) is 130 cm³/mol. The number of hydrogen-bond donors (Lipinski definition) is 2. The van der Waals surface area contributed by atoms with E-state index >= 15 is 0 Å². The largest absolute Gasteiger partial charge is 0.467 e. The van der Waals surface area contributed by atoms with Crippen molar-refractivity contribution in [3.8, 4) is 0 Å². The quantitative estimate of drug-likeness (QED) is 0.365. The maximum Gasteiger partial charge on any atom is 0.261 e. The van der Waals surface area contributed by atoms with E-state index in [1.54, 1.807) is 66.0 Å². The third kappa shape index (κ3) is 5.82. The molecule has 0 fully saturated rings. The molecule has 35 heavy (non-hydrogen) atoms. The predicted octanol–water partition coefficient (Wildman–Crippen LogP) is 4.30. The van der Waals surface area contributed by atoms with Gasteiger partial charge in [-0.05, 0) is 41.8 Å². The Hall–Kier alpha value is -4.24. The molecule has 0 aliphatic heterocycles. The maximum absolute atomic E-state index is 14.9. The van der Waals surface area contributed by atoms with Gasteiger partial charge in [-0.1, -0.05) is 42.5 Å². The molecule has 0 saturated carbocycles. The van der Waals surface area contributed by atoms with Crippen LogP contribution >= 0.6 is 11.3 Å². The Bertz CT molecular complexity index is 1280. The summed E-state index contributed by atoms with van der Waals surface area (Å²) in [5.74, 6) is -1.73. The molecule has 9 heteroatoms. The summed E-state index contributed by atoms with van der Waals surface area (Å²) in [6.07, 6.45) is 1.48. The molecular formula is C26H22FN3O4S. The average Bonchev–Trinajstić information content (AvgIpc) is 3.60. The van der Waals surface area contributed by atoms with Crippen LogP contribution in [-0.4, -0.2) is 24.3 Å². The third-order valence-corrected chi connectivity index (χ3v) is 6.04. The number of halogens is 1. The summed E-state index contributed by atoms with van der Waals surface area (Å²) in [5, 5.41) is 7.07. The van der Waals surface area contributed by atoms with Gasteiger partial charge in [-0.3, -0.25) is 19.3 Å². The molecule has 0 aliphatic rings. The second kappa shape index (κ2) is 11.3. The van der Waals surface area contributed by atoms with Crippen LogP contribution in [0.4, 0.5) is 10.1 Å². The highest BCUT2D eigenvalue weighted by Crippen LogP contribution is 2.29. The number of carbonyl (C=O) groups is 3. The van der Waals surface area contributed by atoms with Gasteiger partial charge >= 0.3 is 0 Å². The fraction of sp³-hybridized carbons (Fsp3) is 0.115. The van der Waals surface area contributed by atoms with E-state index in [2.05, 4.69) is 10.6 Å². The van der Waals surface area contributed by atoms with Crippen molar-refractivity contribution in [2.24, 2.45) is 0 Å². The lowest BCUT2D eigenvalue weighted by atomic mass is 10.0. The van der Waals surface area contributed by atoms with Crippen LogP contribution in [0.2, 0.25) is 0 Å². The number of thiophene rings is 1. The van der Waals surface area contributed by atoms with Crippen LogP contribution < -0.4 is 15.5 Å². The van der Waals surface area contributed by atoms with E-state index < -0.39 is 29.6 Å². The van der Waals surface area contributed by atoms with E-state index in [9.17, 15) is 18.8 Å². The van der Waals surface area contributed by atoms with Crippen LogP contribution in [0.3, 0.4) is 0 Å². The van der Waals surface area contributed by atoms with Crippen molar-refractivity contribution < 1.29 is 23.2 Å². The van der Waals surface area contributed by atoms with E-state index in [0.717, 1.165) is 0 Å². The number of nitrogens with one attached hydrogen (secondary N) is 2. The Morgan fingerprint density at radius 2 is 1.69 bits per heavy atom. The lowest BCUT2D eigenvalue weighted by Gasteiger charge is -2.31. The lowest BCUT2D eigenvalue weighted by molar-refractivity contribution is -0.126. The number of para-hydroxylation sites is 1. The summed E-state index contributed by atoms with van der Waals surface area (Å²) in [7, 11) is 0. The average molecular weight is 492 g/mol. The number of benzene rings is 2. The number of hydrogen-bond acceptors (Lipinski definition) is 5. The van der Waals surface area contributed by atoms with Crippen molar-refractivity contribution in [3.05, 3.63) is 113 Å². The second-order valence-electron chi connectivity index (χ2n) is 7.48. The summed E-state index contributed by atoms with van der Waals surface area (Å²) < 4.78 is 20.2. The summed E-state index contributed by atoms with van der Waals surface area (Å²) >= 11 is 1.24. The molecule has 3 amide bonds. The lowest BCUT2D eigenvalue weighted by Crippen LogP contribution is -2.47. The Morgan fingerprint density at radius 1 is 0.914 bits per heavy atom. The third-order valence-electron chi connectivity index (χ3n) is 5.17. The Labute approximate surface area is 205 Å². The van der Waals surface area contributed by atoms with E-state index in [1.807, 2.05) is 0 Å². The number of nitrogens with zero attached hydrogens (tertiary/aromatic N) is 1. The Morgan fingerprint density at radius 3 is 2.37 bits per heavy atom. The zero-order chi connectivity index (χ0) is 24.6. The summed E-state index contributed by atoms with van der Waals surface area (Å²) in [6, 6.07) is 19.7. The van der Waals surface area contributed by atoms with Crippen LogP contribution in [0.5, 0.6) is 0 Å². The zero-order valence-corrected chi connectivity index (χ0v) is 19.3. The molecule has 1 unspecified atom stereocenters. The van der Waals surface area contributed by atoms with Crippen LogP contribution in [0.1, 0.15) is 27.0 Å². The van der Waals surface area contributed by atoms with Crippen molar-refractivity contribution in [1.82, 2.24) is 10.6 Å². The molecule has 7 nitrogen and oxygen atoms in total. The van der Waals surface area contributed by atoms with E-state index in [1.165, 1.54) is 40.7 Å². The van der Waals surface area contributed by atoms with Gasteiger partial charge in [0.15, 0.2) is 0 Å². The minimum absolute atomic E-state index is 0.0197. The molecule has 178 valence electrons. The minimum atomic E-state index is -1.33. The summed E-state index contributed by atoms with van der Waals surface area (Å²) in [4.78, 5) is 41.0. The standard InChI is InChI=1S/C26H22FN3O4S/c27-21-12-5-4-11-20(21)24(26(33)28-16-19-10-6-14-34-19)30(18-8-2-1-3-9-18)23(31)17-29-25(32)22-13-7-15-35-22/h1-15,24H,16-17H2,(H,28,33)(H,29,32). The first-order chi connectivity index (χ1) is 17.0. The van der Waals surface area contributed by atoms with Crippen LogP contribution in [0, 0.1) is 5.82 Å². The topological polar surface area (TPSA) is 91.7 Å². The van der Waals surface area contributed by atoms with E-state index in [4.69, 9.17) is 4.42 Å². The molecule has 2 N–H and O–H groups in total. The number of carbonyl (C=O) groups excluding carboxylic acids is 3. The molecule has 0 spiro atoms. The monoisotopic (exact) mass is 491 g/mol. The van der Waals surface area contributed by atoms with Crippen LogP contribution in [0.25, 0.3) is 0 Å². The van der Waals surface area contributed by atoms with Gasteiger partial charge in [-0.2, -0.15) is 0 Å². The summed E-state index contributed by atoms with van der Waals surface area (Å²) in [6.45, 7) is -0.329. The first-order valence-electron chi connectivity index (χ1n) is 10.8. The molecule has 0 bridgehead atoms. The van der Waals surface area contributed by atoms with Crippen molar-refractivity contribution >= 4 is 34.7 Å². The van der Waals surface area contributed by atoms with Crippen LogP contribution in [0.15, 0.2) is 94.9 Å². The Kier molecular flexibility index (Phi) is 7.69. The molecule has 0 radical (unpaired) electrons. The number of furan rings is 1. The fourth-order valence-electron chi connectivity index (χ4n) is 3.54. The van der Waals surface area contributed by atoms with E-state index in [0.29, 0.717) is 16.3 Å². The van der Waals surface area contributed by atoms with Gasteiger partial charge in [0.2, 0.25) is 11.8 Å². The smallest absolute Gasteiger partial charge is 0.261 e. The molecule has 2 aromatic carbocycles. The number of amides is 3. The molecule has 2 aromatic heterocycles. The SMILES string of the molecule is O=C(NCC(=O)N(c1ccccc1)C(C(=O)NCc1ccco1)c1ccccc1F)c1cccs1. The second-order valence-corrected chi connectivity index (χ2v) is 8.43. The highest BCUT2D eigenvalue weighted by Gasteiger charge is 2.34. The van der Waals surface area contributed by atoms with Gasteiger partial charge in [0.05, 0.1) is 24.2 Å². The van der Waals surface area contributed by atoms with Gasteiger partial charge in [0, 0.05) is 11.3 Å². The first kappa shape index (κ1) is 23.9. The zero-order valence-electron chi connectivity index (χ0n) is 18.5. The molecule has 4 aromatic rings. The molecule has 0 saturated heterocycles. The van der Waals surface area contributed by atoms with Gasteiger partial charge in [0.25, 0.3) is 5.91 Å². The van der Waals surface area contributed by atoms with Crippen molar-refractivity contribution in [2.45, 2.75) is 12.6 Å². The Balaban J connectivity index is 1.66. The van der Waals surface area contributed by atoms with Crippen molar-refractivity contribution in [1.29, 1.82) is 0 Å². The van der Waals surface area contributed by atoms with Crippen molar-refractivity contribution in [2.75, 3.05) is 11.4 Å². The molecule has 4 rings (SSSR count). The van der Waals surface area contributed by atoms with Gasteiger partial charge in [-0.25, -0.2) is 4.39 Å². The fourth-order valence-corrected chi connectivity index (χ4v) is 4.18. The molecular weight excluding hydrogens is 469 g/mol. The van der Waals surface area contributed by atoms with Gasteiger partial charge in [-0.15, -0.1) is 11.3 Å². The normalized spacial score (nSPS) is 11.5. The number of anilines is 1. The van der Waals surface area contributed by atoms with Gasteiger partial charge < -0.3 is 15.1 Å². The van der Waals surface area contributed by atoms with Crippen LogP contribution in [-0.2, 0) is 16.1 Å². The van der Waals surface area contributed by atoms with Gasteiger partial charge in [0.1, 0.15) is 17.6 Å². The summed E-state index contributed by atoms with van der Waals surface area (Å²) in [5.41, 5.74) is 0.399. The molecule has 2 heterocycles. The van der Waals surface area contributed by atoms with Crippen molar-refractivity contribution in [3.63, 3.8) is 0 Å². The first-order valence-corrected chi connectivity index (χ1v) is 11.7. The highest BCUT2D eigenvalue weighted by atomic mass is 32.1. The molecule has 0 aliphatic carbocycles. The highest BCUT2D eigenvalue weighted by molar-refractivity contribution is 7.12. The number of rotatable bonds is 9.